The van der Waals surface area contributed by atoms with E-state index < -0.39 is 8.07 Å². The van der Waals surface area contributed by atoms with E-state index in [0.29, 0.717) is 5.41 Å². The van der Waals surface area contributed by atoms with Crippen LogP contribution in [0.3, 0.4) is 0 Å². The maximum Gasteiger partial charge on any atom is 0.0573 e. The van der Waals surface area contributed by atoms with E-state index in [4.69, 9.17) is 0 Å². The first-order chi connectivity index (χ1) is 9.89. The minimum Gasteiger partial charge on any atom is -0.0912 e. The summed E-state index contributed by atoms with van der Waals surface area (Å²) < 4.78 is 0. The van der Waals surface area contributed by atoms with Gasteiger partial charge in [0.25, 0.3) is 0 Å². The van der Waals surface area contributed by atoms with Crippen LogP contribution in [-0.4, -0.2) is 8.07 Å². The Hall–Kier alpha value is -0.0431. The van der Waals surface area contributed by atoms with Crippen molar-refractivity contribution in [3.05, 3.63) is 12.2 Å². The van der Waals surface area contributed by atoms with Gasteiger partial charge in [0, 0.05) is 0 Å². The second-order valence-electron chi connectivity index (χ2n) is 8.25. The summed E-state index contributed by atoms with van der Waals surface area (Å²) in [6, 6.07) is 6.17. The lowest BCUT2D eigenvalue weighted by molar-refractivity contribution is 0.420. The summed E-state index contributed by atoms with van der Waals surface area (Å²) in [4.78, 5) is 0. The van der Waals surface area contributed by atoms with Crippen LogP contribution in [0.4, 0.5) is 0 Å². The molecule has 0 fully saturated rings. The molecule has 0 saturated carbocycles. The highest BCUT2D eigenvalue weighted by atomic mass is 28.3. The standard InChI is InChI=1S/C20H42Si/c1-7-10-16-21(17-11-8-2,18-12-9-3)19-14-13-15-20(4,5)6/h13-14H,7-12,15-19H2,1-6H3/b14-13+. The van der Waals surface area contributed by atoms with Gasteiger partial charge in [0.1, 0.15) is 0 Å². The molecule has 0 unspecified atom stereocenters. The van der Waals surface area contributed by atoms with Gasteiger partial charge in [-0.2, -0.15) is 0 Å². The normalized spacial score (nSPS) is 13.2. The van der Waals surface area contributed by atoms with E-state index in [9.17, 15) is 0 Å². The fourth-order valence-electron chi connectivity index (χ4n) is 3.11. The Bertz CT molecular complexity index is 238. The first kappa shape index (κ1) is 21.0. The van der Waals surface area contributed by atoms with Crippen molar-refractivity contribution in [1.29, 1.82) is 0 Å². The Morgan fingerprint density at radius 1 is 0.714 bits per heavy atom. The fraction of sp³-hybridized carbons (Fsp3) is 0.900. The molecule has 0 amide bonds. The predicted molar refractivity (Wildman–Crippen MR) is 103 cm³/mol. The molecule has 0 spiro atoms. The van der Waals surface area contributed by atoms with Gasteiger partial charge < -0.3 is 0 Å². The molecule has 0 atom stereocenters. The Balaban J connectivity index is 4.69. The maximum atomic E-state index is 2.57. The van der Waals surface area contributed by atoms with Crippen molar-refractivity contribution in [3.63, 3.8) is 0 Å². The Kier molecular flexibility index (Phi) is 11.5. The largest absolute Gasteiger partial charge is 0.0912 e. The van der Waals surface area contributed by atoms with Gasteiger partial charge in [-0.25, -0.2) is 0 Å². The lowest BCUT2D eigenvalue weighted by Crippen LogP contribution is -2.33. The van der Waals surface area contributed by atoms with Crippen LogP contribution >= 0.6 is 0 Å². The zero-order valence-corrected chi connectivity index (χ0v) is 16.9. The number of rotatable bonds is 12. The van der Waals surface area contributed by atoms with Gasteiger partial charge in [-0.05, 0) is 17.9 Å². The van der Waals surface area contributed by atoms with Crippen molar-refractivity contribution in [2.45, 2.75) is 111 Å². The van der Waals surface area contributed by atoms with Gasteiger partial charge in [0.2, 0.25) is 0 Å². The third-order valence-electron chi connectivity index (χ3n) is 4.63. The molecule has 0 aliphatic rings. The van der Waals surface area contributed by atoms with Crippen molar-refractivity contribution >= 4 is 8.07 Å². The van der Waals surface area contributed by atoms with E-state index in [-0.39, 0.29) is 0 Å². The van der Waals surface area contributed by atoms with Crippen molar-refractivity contribution < 1.29 is 0 Å². The van der Waals surface area contributed by atoms with E-state index in [0.717, 1.165) is 0 Å². The number of unbranched alkanes of at least 4 members (excludes halogenated alkanes) is 3. The fourth-order valence-corrected chi connectivity index (χ4v) is 8.45. The van der Waals surface area contributed by atoms with Crippen LogP contribution < -0.4 is 0 Å². The molecule has 0 rings (SSSR count). The number of hydrogen-bond acceptors (Lipinski definition) is 0. The Morgan fingerprint density at radius 3 is 1.48 bits per heavy atom. The van der Waals surface area contributed by atoms with E-state index in [1.54, 1.807) is 18.1 Å². The Morgan fingerprint density at radius 2 is 1.14 bits per heavy atom. The molecular weight excluding hydrogens is 268 g/mol. The molecule has 0 N–H and O–H groups in total. The third kappa shape index (κ3) is 11.2. The molecule has 21 heavy (non-hydrogen) atoms. The zero-order chi connectivity index (χ0) is 16.2. The minimum absolute atomic E-state index is 0.441. The van der Waals surface area contributed by atoms with Crippen LogP contribution in [0.5, 0.6) is 0 Å². The van der Waals surface area contributed by atoms with Crippen LogP contribution in [-0.2, 0) is 0 Å². The summed E-state index contributed by atoms with van der Waals surface area (Å²) in [7, 11) is -1.04. The quantitative estimate of drug-likeness (QED) is 0.254. The molecule has 0 aromatic carbocycles. The number of allylic oxidation sites excluding steroid dienone is 2. The molecule has 0 aromatic heterocycles. The van der Waals surface area contributed by atoms with E-state index in [1.165, 1.54) is 51.0 Å². The summed E-state index contributed by atoms with van der Waals surface area (Å²) in [6.07, 6.45) is 14.8. The van der Waals surface area contributed by atoms with Gasteiger partial charge >= 0.3 is 0 Å². The molecule has 126 valence electrons. The molecule has 0 aromatic rings. The molecule has 0 bridgehead atoms. The summed E-state index contributed by atoms with van der Waals surface area (Å²) in [5.74, 6) is 0. The van der Waals surface area contributed by atoms with Gasteiger partial charge in [-0.3, -0.25) is 0 Å². The highest BCUT2D eigenvalue weighted by Crippen LogP contribution is 2.33. The van der Waals surface area contributed by atoms with Crippen LogP contribution in [0.2, 0.25) is 24.2 Å². The lowest BCUT2D eigenvalue weighted by Gasteiger charge is -2.31. The monoisotopic (exact) mass is 310 g/mol. The molecular formula is C20H42Si. The molecule has 1 heteroatoms. The second-order valence-corrected chi connectivity index (χ2v) is 13.2. The van der Waals surface area contributed by atoms with Crippen LogP contribution in [0, 0.1) is 5.41 Å². The van der Waals surface area contributed by atoms with Gasteiger partial charge in [0.05, 0.1) is 8.07 Å². The molecule has 0 aliphatic carbocycles. The molecule has 0 heterocycles. The zero-order valence-electron chi connectivity index (χ0n) is 15.9. The van der Waals surface area contributed by atoms with Crippen molar-refractivity contribution in [2.75, 3.05) is 0 Å². The van der Waals surface area contributed by atoms with Gasteiger partial charge in [-0.1, -0.05) is 110 Å². The molecule has 0 nitrogen and oxygen atoms in total. The van der Waals surface area contributed by atoms with Crippen molar-refractivity contribution in [1.82, 2.24) is 0 Å². The summed E-state index contributed by atoms with van der Waals surface area (Å²) in [5, 5.41) is 0. The maximum absolute atomic E-state index is 2.57. The second kappa shape index (κ2) is 11.5. The highest BCUT2D eigenvalue weighted by molar-refractivity contribution is 6.80. The van der Waals surface area contributed by atoms with Gasteiger partial charge in [0.15, 0.2) is 0 Å². The molecule has 0 saturated heterocycles. The predicted octanol–water partition coefficient (Wildman–Crippen LogP) is 7.83. The van der Waals surface area contributed by atoms with Crippen molar-refractivity contribution in [2.24, 2.45) is 5.41 Å². The number of hydrogen-bond donors (Lipinski definition) is 0. The average Bonchev–Trinajstić information content (AvgIpc) is 2.43. The molecule has 0 radical (unpaired) electrons. The average molecular weight is 311 g/mol. The highest BCUT2D eigenvalue weighted by Gasteiger charge is 2.29. The van der Waals surface area contributed by atoms with Crippen LogP contribution in [0.1, 0.15) is 86.5 Å². The summed E-state index contributed by atoms with van der Waals surface area (Å²) >= 11 is 0. The lowest BCUT2D eigenvalue weighted by atomic mass is 9.92. The van der Waals surface area contributed by atoms with E-state index in [1.807, 2.05) is 0 Å². The van der Waals surface area contributed by atoms with E-state index >= 15 is 0 Å². The van der Waals surface area contributed by atoms with Gasteiger partial charge in [-0.15, -0.1) is 0 Å². The minimum atomic E-state index is -1.04. The molecule has 0 aliphatic heterocycles. The summed E-state index contributed by atoms with van der Waals surface area (Å²) in [5.41, 5.74) is 0.441. The van der Waals surface area contributed by atoms with Crippen LogP contribution in [0.15, 0.2) is 12.2 Å². The first-order valence-electron chi connectivity index (χ1n) is 9.54. The summed E-state index contributed by atoms with van der Waals surface area (Å²) in [6.45, 7) is 14.1. The SMILES string of the molecule is CCCC[Si](C/C=C/CC(C)(C)C)(CCCC)CCCC. The Labute approximate surface area is 136 Å². The topological polar surface area (TPSA) is 0 Å². The first-order valence-corrected chi connectivity index (χ1v) is 12.4. The smallest absolute Gasteiger partial charge is 0.0573 e. The van der Waals surface area contributed by atoms with Crippen molar-refractivity contribution in [3.8, 4) is 0 Å². The van der Waals surface area contributed by atoms with Crippen LogP contribution in [0.25, 0.3) is 0 Å². The third-order valence-corrected chi connectivity index (χ3v) is 9.97. The van der Waals surface area contributed by atoms with E-state index in [2.05, 4.69) is 53.7 Å².